The van der Waals surface area contributed by atoms with E-state index in [0.29, 0.717) is 10.8 Å². The molecule has 102 valence electrons. The molecule has 0 unspecified atom stereocenters. The summed E-state index contributed by atoms with van der Waals surface area (Å²) in [5.74, 6) is 0.596. The molecule has 3 aromatic rings. The minimum Gasteiger partial charge on any atom is -0.383 e. The molecule has 0 aliphatic carbocycles. The number of benzene rings is 1. The summed E-state index contributed by atoms with van der Waals surface area (Å²) in [6, 6.07) is 7.67. The first-order chi connectivity index (χ1) is 9.47. The van der Waals surface area contributed by atoms with E-state index in [1.54, 1.807) is 0 Å². The lowest BCUT2D eigenvalue weighted by Gasteiger charge is -2.02. The minimum absolute atomic E-state index is 0.596. The first kappa shape index (κ1) is 13.9. The summed E-state index contributed by atoms with van der Waals surface area (Å²) in [6.45, 7) is 2.02. The van der Waals surface area contributed by atoms with Gasteiger partial charge in [0.2, 0.25) is 0 Å². The molecule has 1 aromatic carbocycles. The molecule has 2 N–H and O–H groups in total. The highest BCUT2D eigenvalue weighted by molar-refractivity contribution is 9.10. The van der Waals surface area contributed by atoms with Crippen LogP contribution >= 0.6 is 43.5 Å². The first-order valence-corrected chi connectivity index (χ1v) is 7.83. The van der Waals surface area contributed by atoms with Crippen LogP contribution in [0.25, 0.3) is 16.9 Å². The summed E-state index contributed by atoms with van der Waals surface area (Å²) in [7, 11) is 0. The normalized spacial score (nSPS) is 11.2. The summed E-state index contributed by atoms with van der Waals surface area (Å²) >= 11 is 13.0. The minimum atomic E-state index is 0.596. The van der Waals surface area contributed by atoms with Gasteiger partial charge in [-0.2, -0.15) is 0 Å². The number of imidazole rings is 1. The molecule has 2 aromatic heterocycles. The smallest absolute Gasteiger partial charge is 0.139 e. The molecule has 0 atom stereocenters. The van der Waals surface area contributed by atoms with Crippen LogP contribution in [0, 0.1) is 6.92 Å². The number of pyridine rings is 1. The van der Waals surface area contributed by atoms with E-state index >= 15 is 0 Å². The second-order valence-corrected chi connectivity index (χ2v) is 6.62. The molecule has 0 bridgehead atoms. The molecule has 0 spiro atoms. The Bertz CT molecular complexity index is 827. The van der Waals surface area contributed by atoms with Crippen molar-refractivity contribution in [1.82, 2.24) is 9.38 Å². The maximum absolute atomic E-state index is 6.20. The third-order valence-corrected chi connectivity index (χ3v) is 5.20. The van der Waals surface area contributed by atoms with Crippen molar-refractivity contribution in [2.24, 2.45) is 0 Å². The van der Waals surface area contributed by atoms with Gasteiger partial charge >= 0.3 is 0 Å². The summed E-state index contributed by atoms with van der Waals surface area (Å²) in [4.78, 5) is 4.60. The molecule has 0 radical (unpaired) electrons. The number of hydrogen-bond acceptors (Lipinski definition) is 2. The molecule has 0 saturated carbocycles. The third kappa shape index (κ3) is 2.24. The largest absolute Gasteiger partial charge is 0.383 e. The summed E-state index contributed by atoms with van der Waals surface area (Å²) in [5, 5.41) is 0.635. The number of anilines is 1. The maximum Gasteiger partial charge on any atom is 0.139 e. The Hall–Kier alpha value is -1.04. The lowest BCUT2D eigenvalue weighted by Crippen LogP contribution is -1.95. The monoisotopic (exact) mass is 413 g/mol. The first-order valence-electron chi connectivity index (χ1n) is 5.86. The van der Waals surface area contributed by atoms with Crippen LogP contribution in [0.5, 0.6) is 0 Å². The molecule has 3 rings (SSSR count). The van der Waals surface area contributed by atoms with Crippen LogP contribution in [0.2, 0.25) is 5.02 Å². The van der Waals surface area contributed by atoms with Gasteiger partial charge in [0.25, 0.3) is 0 Å². The van der Waals surface area contributed by atoms with E-state index in [9.17, 15) is 0 Å². The zero-order chi connectivity index (χ0) is 14.4. The van der Waals surface area contributed by atoms with Gasteiger partial charge in [-0.3, -0.25) is 4.40 Å². The Kier molecular flexibility index (Phi) is 3.52. The maximum atomic E-state index is 6.20. The predicted molar refractivity (Wildman–Crippen MR) is 90.2 cm³/mol. The fourth-order valence-corrected chi connectivity index (χ4v) is 2.78. The van der Waals surface area contributed by atoms with E-state index in [4.69, 9.17) is 17.3 Å². The third-order valence-electron chi connectivity index (χ3n) is 3.13. The molecule has 6 heteroatoms. The standard InChI is InChI=1S/C14H10Br2ClN3/c1-7-4-12-19-13(14(18)20(12)6-10(7)16)8-2-3-9(15)11(17)5-8/h2-6H,18H2,1H3. The Morgan fingerprint density at radius 3 is 2.65 bits per heavy atom. The summed E-state index contributed by atoms with van der Waals surface area (Å²) < 4.78 is 3.71. The van der Waals surface area contributed by atoms with Gasteiger partial charge in [-0.1, -0.05) is 17.7 Å². The quantitative estimate of drug-likeness (QED) is 0.603. The van der Waals surface area contributed by atoms with Crippen LogP contribution in [0.4, 0.5) is 5.82 Å². The van der Waals surface area contributed by atoms with Crippen LogP contribution in [0.3, 0.4) is 0 Å². The number of fused-ring (bicyclic) bond motifs is 1. The highest BCUT2D eigenvalue weighted by Gasteiger charge is 2.13. The highest BCUT2D eigenvalue weighted by Crippen LogP contribution is 2.32. The van der Waals surface area contributed by atoms with Crippen LogP contribution in [-0.2, 0) is 0 Å². The van der Waals surface area contributed by atoms with Crippen molar-refractivity contribution in [2.75, 3.05) is 5.73 Å². The van der Waals surface area contributed by atoms with Gasteiger partial charge in [0.1, 0.15) is 17.2 Å². The molecule has 0 saturated heterocycles. The van der Waals surface area contributed by atoms with E-state index in [2.05, 4.69) is 36.8 Å². The number of halogens is 3. The van der Waals surface area contributed by atoms with Crippen molar-refractivity contribution in [2.45, 2.75) is 6.92 Å². The molecule has 20 heavy (non-hydrogen) atoms. The number of nitrogens with zero attached hydrogens (tertiary/aromatic N) is 2. The van der Waals surface area contributed by atoms with Gasteiger partial charge in [0, 0.05) is 20.7 Å². The Morgan fingerprint density at radius 2 is 1.95 bits per heavy atom. The average molecular weight is 416 g/mol. The van der Waals surface area contributed by atoms with E-state index < -0.39 is 0 Å². The number of nitrogens with two attached hydrogens (primary N) is 1. The Balaban J connectivity index is 2.26. The topological polar surface area (TPSA) is 43.3 Å². The molecule has 3 nitrogen and oxygen atoms in total. The number of aryl methyl sites for hydroxylation is 1. The predicted octanol–water partition coefficient (Wildman–Crippen LogP) is 5.07. The average Bonchev–Trinajstić information content (AvgIpc) is 2.71. The molecule has 0 fully saturated rings. The highest BCUT2D eigenvalue weighted by atomic mass is 79.9. The van der Waals surface area contributed by atoms with Crippen molar-refractivity contribution in [3.05, 3.63) is 50.0 Å². The van der Waals surface area contributed by atoms with Crippen LogP contribution < -0.4 is 5.73 Å². The number of rotatable bonds is 1. The zero-order valence-corrected chi connectivity index (χ0v) is 14.4. The van der Waals surface area contributed by atoms with Gasteiger partial charge in [0.15, 0.2) is 0 Å². The van der Waals surface area contributed by atoms with Gasteiger partial charge in [-0.05, 0) is 62.5 Å². The number of hydrogen-bond donors (Lipinski definition) is 1. The fraction of sp³-hybridized carbons (Fsp3) is 0.0714. The molecular formula is C14H10Br2ClN3. The van der Waals surface area contributed by atoms with Crippen molar-refractivity contribution in [1.29, 1.82) is 0 Å². The second kappa shape index (κ2) is 5.06. The van der Waals surface area contributed by atoms with Crippen molar-refractivity contribution in [3.8, 4) is 11.3 Å². The Labute approximate surface area is 138 Å². The lowest BCUT2D eigenvalue weighted by atomic mass is 10.1. The van der Waals surface area contributed by atoms with Gasteiger partial charge in [-0.15, -0.1) is 0 Å². The molecule has 0 aliphatic heterocycles. The zero-order valence-electron chi connectivity index (χ0n) is 10.5. The van der Waals surface area contributed by atoms with Crippen molar-refractivity contribution >= 4 is 54.9 Å². The molecule has 0 aliphatic rings. The fourth-order valence-electron chi connectivity index (χ4n) is 2.03. The second-order valence-electron chi connectivity index (χ2n) is 4.51. The van der Waals surface area contributed by atoms with Crippen LogP contribution in [0.15, 0.2) is 39.4 Å². The molecule has 2 heterocycles. The molecular weight excluding hydrogens is 405 g/mol. The summed E-state index contributed by atoms with van der Waals surface area (Å²) in [6.07, 6.45) is 1.93. The van der Waals surface area contributed by atoms with E-state index in [1.807, 2.05) is 41.8 Å². The van der Waals surface area contributed by atoms with Crippen molar-refractivity contribution in [3.63, 3.8) is 0 Å². The lowest BCUT2D eigenvalue weighted by molar-refractivity contribution is 1.16. The van der Waals surface area contributed by atoms with Crippen LogP contribution in [-0.4, -0.2) is 9.38 Å². The summed E-state index contributed by atoms with van der Waals surface area (Å²) in [5.41, 5.74) is 9.76. The van der Waals surface area contributed by atoms with E-state index in [-0.39, 0.29) is 0 Å². The van der Waals surface area contributed by atoms with E-state index in [0.717, 1.165) is 31.4 Å². The van der Waals surface area contributed by atoms with Gasteiger partial charge in [-0.25, -0.2) is 4.98 Å². The van der Waals surface area contributed by atoms with Crippen LogP contribution in [0.1, 0.15) is 5.56 Å². The molecule has 0 amide bonds. The van der Waals surface area contributed by atoms with E-state index in [1.165, 1.54) is 0 Å². The van der Waals surface area contributed by atoms with Crippen molar-refractivity contribution < 1.29 is 0 Å². The number of aromatic nitrogens is 2. The Morgan fingerprint density at radius 1 is 1.20 bits per heavy atom. The van der Waals surface area contributed by atoms with Gasteiger partial charge in [0.05, 0.1) is 5.02 Å². The number of nitrogen functional groups attached to an aromatic ring is 1. The van der Waals surface area contributed by atoms with Gasteiger partial charge < -0.3 is 5.73 Å². The SMILES string of the molecule is Cc1cc2nc(-c3ccc(Br)c(Cl)c3)c(N)n2cc1Br.